The van der Waals surface area contributed by atoms with Crippen molar-refractivity contribution in [2.45, 2.75) is 26.7 Å². The van der Waals surface area contributed by atoms with E-state index in [4.69, 9.17) is 9.47 Å². The summed E-state index contributed by atoms with van der Waals surface area (Å²) < 4.78 is 11.0. The molecule has 3 rings (SSSR count). The third kappa shape index (κ3) is 3.53. The van der Waals surface area contributed by atoms with Crippen molar-refractivity contribution in [1.82, 2.24) is 0 Å². The Kier molecular flexibility index (Phi) is 4.74. The Morgan fingerprint density at radius 1 is 1.08 bits per heavy atom. The normalized spacial score (nSPS) is 13.0. The van der Waals surface area contributed by atoms with Gasteiger partial charge in [0.25, 0.3) is 0 Å². The van der Waals surface area contributed by atoms with E-state index in [9.17, 15) is 4.79 Å². The third-order valence-electron chi connectivity index (χ3n) is 4.21. The number of carbonyl (C=O) groups excluding carboxylic acids is 1. The zero-order valence-corrected chi connectivity index (χ0v) is 14.4. The van der Waals surface area contributed by atoms with Gasteiger partial charge in [0.1, 0.15) is 13.2 Å². The molecule has 1 N–H and O–H groups in total. The topological polar surface area (TPSA) is 47.6 Å². The van der Waals surface area contributed by atoms with Crippen molar-refractivity contribution in [3.05, 3.63) is 53.1 Å². The molecule has 126 valence electrons. The molecular weight excluding hydrogens is 302 g/mol. The predicted octanol–water partition coefficient (Wildman–Crippen LogP) is 4.18. The average molecular weight is 325 g/mol. The van der Waals surface area contributed by atoms with E-state index in [0.717, 1.165) is 5.69 Å². The summed E-state index contributed by atoms with van der Waals surface area (Å²) in [5.74, 6) is 1.87. The van der Waals surface area contributed by atoms with E-state index in [1.807, 2.05) is 6.07 Å². The number of anilines is 1. The molecule has 0 atom stereocenters. The van der Waals surface area contributed by atoms with Crippen molar-refractivity contribution >= 4 is 11.5 Å². The predicted molar refractivity (Wildman–Crippen MR) is 95.5 cm³/mol. The summed E-state index contributed by atoms with van der Waals surface area (Å²) in [5.41, 5.74) is 4.16. The van der Waals surface area contributed by atoms with Crippen molar-refractivity contribution in [3.63, 3.8) is 0 Å². The maximum absolute atomic E-state index is 12.4. The standard InChI is InChI=1S/C20H23NO3/c1-13(2)17-6-5-16(10-14(17)3)21-12-18(22)15-4-7-19-20(11-15)24-9-8-23-19/h4-7,10-11,13,21H,8-9,12H2,1-3H3. The van der Waals surface area contributed by atoms with E-state index in [1.54, 1.807) is 18.2 Å². The summed E-state index contributed by atoms with van der Waals surface area (Å²) in [6.07, 6.45) is 0. The highest BCUT2D eigenvalue weighted by atomic mass is 16.6. The summed E-state index contributed by atoms with van der Waals surface area (Å²) >= 11 is 0. The van der Waals surface area contributed by atoms with Gasteiger partial charge in [-0.15, -0.1) is 0 Å². The molecule has 0 spiro atoms. The number of nitrogens with one attached hydrogen (secondary N) is 1. The molecule has 4 nitrogen and oxygen atoms in total. The first-order valence-electron chi connectivity index (χ1n) is 8.32. The summed E-state index contributed by atoms with van der Waals surface area (Å²) in [7, 11) is 0. The molecule has 1 aliphatic heterocycles. The maximum atomic E-state index is 12.4. The largest absolute Gasteiger partial charge is 0.486 e. The molecule has 1 heterocycles. The quantitative estimate of drug-likeness (QED) is 0.838. The van der Waals surface area contributed by atoms with Gasteiger partial charge < -0.3 is 14.8 Å². The van der Waals surface area contributed by atoms with Gasteiger partial charge in [-0.25, -0.2) is 0 Å². The monoisotopic (exact) mass is 325 g/mol. The molecule has 4 heteroatoms. The molecule has 1 aliphatic rings. The molecule has 0 fully saturated rings. The number of carbonyl (C=O) groups is 1. The van der Waals surface area contributed by atoms with E-state index in [0.29, 0.717) is 36.2 Å². The van der Waals surface area contributed by atoms with Gasteiger partial charge in [-0.1, -0.05) is 19.9 Å². The maximum Gasteiger partial charge on any atom is 0.181 e. The van der Waals surface area contributed by atoms with Crippen molar-refractivity contribution in [3.8, 4) is 11.5 Å². The Hall–Kier alpha value is -2.49. The Morgan fingerprint density at radius 2 is 1.83 bits per heavy atom. The molecule has 0 saturated heterocycles. The number of ketones is 1. The van der Waals surface area contributed by atoms with Crippen LogP contribution < -0.4 is 14.8 Å². The first kappa shape index (κ1) is 16.4. The molecule has 0 bridgehead atoms. The smallest absolute Gasteiger partial charge is 0.181 e. The van der Waals surface area contributed by atoms with Crippen LogP contribution in [0.5, 0.6) is 11.5 Å². The number of aryl methyl sites for hydroxylation is 1. The lowest BCUT2D eigenvalue weighted by molar-refractivity contribution is 0.100. The minimum Gasteiger partial charge on any atom is -0.486 e. The lowest BCUT2D eigenvalue weighted by Crippen LogP contribution is -2.17. The average Bonchev–Trinajstić information content (AvgIpc) is 2.59. The molecule has 2 aromatic rings. The summed E-state index contributed by atoms with van der Waals surface area (Å²) in [6, 6.07) is 11.6. The fourth-order valence-electron chi connectivity index (χ4n) is 2.93. The molecule has 0 unspecified atom stereocenters. The van der Waals surface area contributed by atoms with Gasteiger partial charge in [-0.2, -0.15) is 0 Å². The van der Waals surface area contributed by atoms with Gasteiger partial charge in [-0.3, -0.25) is 4.79 Å². The lowest BCUT2D eigenvalue weighted by Gasteiger charge is -2.18. The van der Waals surface area contributed by atoms with Crippen LogP contribution in [0.25, 0.3) is 0 Å². The summed E-state index contributed by atoms with van der Waals surface area (Å²) in [5, 5.41) is 3.21. The SMILES string of the molecule is Cc1cc(NCC(=O)c2ccc3c(c2)OCCO3)ccc1C(C)C. The van der Waals surface area contributed by atoms with Crippen LogP contribution in [0.1, 0.15) is 41.3 Å². The second-order valence-corrected chi connectivity index (χ2v) is 6.36. The van der Waals surface area contributed by atoms with Gasteiger partial charge in [0.05, 0.1) is 6.54 Å². The summed E-state index contributed by atoms with van der Waals surface area (Å²) in [6.45, 7) is 7.78. The van der Waals surface area contributed by atoms with Crippen molar-refractivity contribution in [1.29, 1.82) is 0 Å². The second-order valence-electron chi connectivity index (χ2n) is 6.36. The third-order valence-corrected chi connectivity index (χ3v) is 4.21. The molecule has 0 radical (unpaired) electrons. The zero-order chi connectivity index (χ0) is 17.1. The van der Waals surface area contributed by atoms with E-state index in [2.05, 4.69) is 38.2 Å². The number of Topliss-reactive ketones (excluding diaryl/α,β-unsaturated/α-hetero) is 1. The number of hydrogen-bond acceptors (Lipinski definition) is 4. The van der Waals surface area contributed by atoms with E-state index < -0.39 is 0 Å². The highest BCUT2D eigenvalue weighted by Gasteiger charge is 2.15. The number of hydrogen-bond donors (Lipinski definition) is 1. The fourth-order valence-corrected chi connectivity index (χ4v) is 2.93. The van der Waals surface area contributed by atoms with E-state index in [-0.39, 0.29) is 12.3 Å². The lowest BCUT2D eigenvalue weighted by atomic mass is 9.97. The van der Waals surface area contributed by atoms with Crippen LogP contribution in [-0.4, -0.2) is 25.5 Å². The van der Waals surface area contributed by atoms with Crippen LogP contribution in [0.2, 0.25) is 0 Å². The van der Waals surface area contributed by atoms with Crippen LogP contribution in [-0.2, 0) is 0 Å². The number of benzene rings is 2. The molecule has 0 aromatic heterocycles. The molecule has 0 saturated carbocycles. The van der Waals surface area contributed by atoms with Crippen molar-refractivity contribution in [2.24, 2.45) is 0 Å². The zero-order valence-electron chi connectivity index (χ0n) is 14.4. The minimum atomic E-state index is 0.0255. The molecule has 0 amide bonds. The van der Waals surface area contributed by atoms with Crippen LogP contribution in [0.3, 0.4) is 0 Å². The first-order valence-corrected chi connectivity index (χ1v) is 8.32. The van der Waals surface area contributed by atoms with Gasteiger partial charge in [0.2, 0.25) is 0 Å². The van der Waals surface area contributed by atoms with Crippen molar-refractivity contribution < 1.29 is 14.3 Å². The van der Waals surface area contributed by atoms with Gasteiger partial charge in [0, 0.05) is 11.3 Å². The Morgan fingerprint density at radius 3 is 2.54 bits per heavy atom. The van der Waals surface area contributed by atoms with Gasteiger partial charge in [0.15, 0.2) is 17.3 Å². The highest BCUT2D eigenvalue weighted by molar-refractivity contribution is 5.99. The van der Waals surface area contributed by atoms with Crippen molar-refractivity contribution in [2.75, 3.05) is 25.1 Å². The van der Waals surface area contributed by atoms with Crippen LogP contribution in [0, 0.1) is 6.92 Å². The fraction of sp³-hybridized carbons (Fsp3) is 0.350. The first-order chi connectivity index (χ1) is 11.5. The Bertz CT molecular complexity index is 753. The molecule has 2 aromatic carbocycles. The van der Waals surface area contributed by atoms with Crippen LogP contribution in [0.15, 0.2) is 36.4 Å². The number of fused-ring (bicyclic) bond motifs is 1. The second kappa shape index (κ2) is 6.95. The number of rotatable bonds is 5. The molecular formula is C20H23NO3. The minimum absolute atomic E-state index is 0.0255. The van der Waals surface area contributed by atoms with Gasteiger partial charge in [-0.05, 0) is 54.3 Å². The van der Waals surface area contributed by atoms with Crippen LogP contribution >= 0.6 is 0 Å². The highest BCUT2D eigenvalue weighted by Crippen LogP contribution is 2.31. The Balaban J connectivity index is 1.66. The summed E-state index contributed by atoms with van der Waals surface area (Å²) in [4.78, 5) is 12.4. The van der Waals surface area contributed by atoms with Crippen LogP contribution in [0.4, 0.5) is 5.69 Å². The number of ether oxygens (including phenoxy) is 2. The van der Waals surface area contributed by atoms with E-state index in [1.165, 1.54) is 11.1 Å². The van der Waals surface area contributed by atoms with E-state index >= 15 is 0 Å². The molecule has 0 aliphatic carbocycles. The van der Waals surface area contributed by atoms with Gasteiger partial charge >= 0.3 is 0 Å². The Labute approximate surface area is 142 Å². The molecule has 24 heavy (non-hydrogen) atoms.